The van der Waals surface area contributed by atoms with Crippen LogP contribution in [0.5, 0.6) is 0 Å². The molecule has 0 bridgehead atoms. The van der Waals surface area contributed by atoms with Gasteiger partial charge in [-0.15, -0.1) is 0 Å². The Morgan fingerprint density at radius 1 is 0.185 bits per heavy atom. The van der Waals surface area contributed by atoms with E-state index in [2.05, 4.69) is 206 Å². The third-order valence-electron chi connectivity index (χ3n) is 11.4. The molecule has 250 valence electrons. The highest BCUT2D eigenvalue weighted by molar-refractivity contribution is 6.28. The fourth-order valence-corrected chi connectivity index (χ4v) is 8.96. The number of hydrogen-bond donors (Lipinski definition) is 0. The maximum atomic E-state index is 2.45. The van der Waals surface area contributed by atoms with Gasteiger partial charge in [0, 0.05) is 0 Å². The summed E-state index contributed by atoms with van der Waals surface area (Å²) in [6.45, 7) is 0. The number of rotatable bonds is 4. The van der Waals surface area contributed by atoms with Crippen molar-refractivity contribution >= 4 is 64.6 Å². The van der Waals surface area contributed by atoms with Crippen LogP contribution in [0.15, 0.2) is 206 Å². The summed E-state index contributed by atoms with van der Waals surface area (Å²) < 4.78 is 0. The van der Waals surface area contributed by atoms with Crippen LogP contribution in [0.2, 0.25) is 0 Å². The quantitative estimate of drug-likeness (QED) is 0.128. The molecule has 11 aromatic rings. The molecule has 0 aromatic heterocycles. The minimum atomic E-state index is 1.21. The van der Waals surface area contributed by atoms with Crippen LogP contribution in [0.3, 0.4) is 0 Å². The number of fused-ring (bicyclic) bond motifs is 9. The molecule has 0 aliphatic heterocycles. The van der Waals surface area contributed by atoms with E-state index in [9.17, 15) is 0 Å². The molecule has 11 aromatic carbocycles. The van der Waals surface area contributed by atoms with Crippen molar-refractivity contribution in [1.29, 1.82) is 0 Å². The molecule has 0 atom stereocenters. The van der Waals surface area contributed by atoms with Gasteiger partial charge in [0.05, 0.1) is 0 Å². The highest BCUT2D eigenvalue weighted by Gasteiger charge is 2.21. The molecule has 0 aliphatic rings. The fourth-order valence-electron chi connectivity index (χ4n) is 8.96. The van der Waals surface area contributed by atoms with E-state index in [1.165, 1.54) is 109 Å². The molecule has 0 N–H and O–H groups in total. The van der Waals surface area contributed by atoms with Crippen molar-refractivity contribution in [2.75, 3.05) is 0 Å². The lowest BCUT2D eigenvalue weighted by Gasteiger charge is -2.21. The van der Waals surface area contributed by atoms with Gasteiger partial charge in [-0.25, -0.2) is 0 Å². The van der Waals surface area contributed by atoms with Crippen molar-refractivity contribution in [3.63, 3.8) is 0 Å². The average molecular weight is 683 g/mol. The zero-order valence-electron chi connectivity index (χ0n) is 29.6. The van der Waals surface area contributed by atoms with Gasteiger partial charge >= 0.3 is 0 Å². The van der Waals surface area contributed by atoms with Crippen molar-refractivity contribution < 1.29 is 0 Å². The number of benzene rings is 11. The molecule has 0 saturated carbocycles. The summed E-state index contributed by atoms with van der Waals surface area (Å²) >= 11 is 0. The smallest absolute Gasteiger partial charge is 0.00199 e. The molecule has 0 fully saturated rings. The molecule has 0 amide bonds. The SMILES string of the molecule is c1ccc(-c2ccc3c(-c4cccc5ccccc45)c4cc(-c5ccccc5)ccc4c(-c4ccc5c6ccccc6c6ccccc6c5c4)c3c2)cc1. The lowest BCUT2D eigenvalue weighted by atomic mass is 9.82. The minimum absolute atomic E-state index is 1.21. The van der Waals surface area contributed by atoms with E-state index in [1.807, 2.05) is 0 Å². The van der Waals surface area contributed by atoms with Gasteiger partial charge in [0.15, 0.2) is 0 Å². The fraction of sp³-hybridized carbons (Fsp3) is 0. The van der Waals surface area contributed by atoms with Crippen molar-refractivity contribution in [2.45, 2.75) is 0 Å². The van der Waals surface area contributed by atoms with Gasteiger partial charge in [0.25, 0.3) is 0 Å². The van der Waals surface area contributed by atoms with Crippen molar-refractivity contribution in [3.05, 3.63) is 206 Å². The van der Waals surface area contributed by atoms with Gasteiger partial charge in [-0.3, -0.25) is 0 Å². The maximum Gasteiger partial charge on any atom is -0.00199 e. The highest BCUT2D eigenvalue weighted by atomic mass is 14.2. The van der Waals surface area contributed by atoms with Gasteiger partial charge in [-0.05, 0) is 127 Å². The summed E-state index contributed by atoms with van der Waals surface area (Å²) in [5, 5.41) is 15.2. The third-order valence-corrected chi connectivity index (χ3v) is 11.4. The Labute approximate surface area is 314 Å². The standard InChI is InChI=1S/C54H34/c1-3-14-35(15-4-1)38-27-31-49-51(32-38)53(40-28-29-46-44-23-10-9-21-42(44)43-22-11-12-24-45(43)50(46)34-40)48-30-26-39(36-16-5-2-6-17-36)33-52(48)54(49)47-25-13-19-37-18-7-8-20-41(37)47/h1-34H. The molecule has 54 heavy (non-hydrogen) atoms. The summed E-state index contributed by atoms with van der Waals surface area (Å²) in [5.41, 5.74) is 9.87. The van der Waals surface area contributed by atoms with Crippen LogP contribution >= 0.6 is 0 Å². The lowest BCUT2D eigenvalue weighted by Crippen LogP contribution is -1.94. The molecule has 11 rings (SSSR count). The third kappa shape index (κ3) is 4.78. The van der Waals surface area contributed by atoms with E-state index in [0.717, 1.165) is 0 Å². The number of hydrogen-bond acceptors (Lipinski definition) is 0. The Hall–Kier alpha value is -7.02. The summed E-state index contributed by atoms with van der Waals surface area (Å²) in [7, 11) is 0. The second-order valence-electron chi connectivity index (χ2n) is 14.4. The second-order valence-corrected chi connectivity index (χ2v) is 14.4. The van der Waals surface area contributed by atoms with Crippen LogP contribution in [0.1, 0.15) is 0 Å². The van der Waals surface area contributed by atoms with Gasteiger partial charge < -0.3 is 0 Å². The summed E-state index contributed by atoms with van der Waals surface area (Å²) in [6, 6.07) is 76.2. The van der Waals surface area contributed by atoms with E-state index < -0.39 is 0 Å². The topological polar surface area (TPSA) is 0 Å². The van der Waals surface area contributed by atoms with Crippen LogP contribution < -0.4 is 0 Å². The van der Waals surface area contributed by atoms with Crippen molar-refractivity contribution in [3.8, 4) is 44.5 Å². The van der Waals surface area contributed by atoms with E-state index >= 15 is 0 Å². The van der Waals surface area contributed by atoms with E-state index in [4.69, 9.17) is 0 Å². The Morgan fingerprint density at radius 3 is 1.20 bits per heavy atom. The molecule has 0 spiro atoms. The molecule has 0 radical (unpaired) electrons. The van der Waals surface area contributed by atoms with Gasteiger partial charge in [-0.1, -0.05) is 188 Å². The van der Waals surface area contributed by atoms with Crippen LogP contribution in [0.4, 0.5) is 0 Å². The first-order valence-electron chi connectivity index (χ1n) is 18.8. The zero-order valence-corrected chi connectivity index (χ0v) is 29.6. The maximum absolute atomic E-state index is 2.45. The molecule has 0 aliphatic carbocycles. The Bertz CT molecular complexity index is 3200. The zero-order chi connectivity index (χ0) is 35.6. The summed E-state index contributed by atoms with van der Waals surface area (Å²) in [5.74, 6) is 0. The van der Waals surface area contributed by atoms with Gasteiger partial charge in [0.2, 0.25) is 0 Å². The van der Waals surface area contributed by atoms with Crippen molar-refractivity contribution in [2.24, 2.45) is 0 Å². The van der Waals surface area contributed by atoms with Crippen LogP contribution in [-0.2, 0) is 0 Å². The average Bonchev–Trinajstić information content (AvgIpc) is 3.25. The Morgan fingerprint density at radius 2 is 0.593 bits per heavy atom. The molecular weight excluding hydrogens is 649 g/mol. The molecular formula is C54H34. The van der Waals surface area contributed by atoms with E-state index in [-0.39, 0.29) is 0 Å². The van der Waals surface area contributed by atoms with E-state index in [1.54, 1.807) is 0 Å². The predicted octanol–water partition coefficient (Wildman–Crippen LogP) is 15.3. The summed E-state index contributed by atoms with van der Waals surface area (Å²) in [6.07, 6.45) is 0. The second kappa shape index (κ2) is 12.3. The Kier molecular flexibility index (Phi) is 6.97. The van der Waals surface area contributed by atoms with Crippen LogP contribution in [0.25, 0.3) is 109 Å². The van der Waals surface area contributed by atoms with Crippen LogP contribution in [0, 0.1) is 0 Å². The molecule has 0 heterocycles. The molecule has 0 nitrogen and oxygen atoms in total. The van der Waals surface area contributed by atoms with Crippen molar-refractivity contribution in [1.82, 2.24) is 0 Å². The highest BCUT2D eigenvalue weighted by Crippen LogP contribution is 2.48. The molecule has 0 saturated heterocycles. The van der Waals surface area contributed by atoms with Gasteiger partial charge in [0.1, 0.15) is 0 Å². The van der Waals surface area contributed by atoms with Gasteiger partial charge in [-0.2, -0.15) is 0 Å². The first kappa shape index (κ1) is 30.6. The minimum Gasteiger partial charge on any atom is -0.0622 e. The van der Waals surface area contributed by atoms with Crippen LogP contribution in [-0.4, -0.2) is 0 Å². The lowest BCUT2D eigenvalue weighted by molar-refractivity contribution is 1.63. The first-order valence-corrected chi connectivity index (χ1v) is 18.8. The molecule has 0 unspecified atom stereocenters. The largest absolute Gasteiger partial charge is 0.0622 e. The summed E-state index contributed by atoms with van der Waals surface area (Å²) in [4.78, 5) is 0. The van der Waals surface area contributed by atoms with E-state index in [0.29, 0.717) is 0 Å². The monoisotopic (exact) mass is 682 g/mol. The molecule has 0 heteroatoms. The predicted molar refractivity (Wildman–Crippen MR) is 233 cm³/mol. The normalized spacial score (nSPS) is 11.7. The first-order chi connectivity index (χ1) is 26.8. The Balaban J connectivity index is 1.32.